The lowest BCUT2D eigenvalue weighted by molar-refractivity contribution is -0.132. The minimum Gasteiger partial charge on any atom is -0.507 e. The number of methoxy groups -OCH3 is 1. The van der Waals surface area contributed by atoms with Crippen LogP contribution in [0.4, 0.5) is 5.13 Å². The van der Waals surface area contributed by atoms with Crippen LogP contribution in [0.5, 0.6) is 5.75 Å². The monoisotopic (exact) mass is 510 g/mol. The first-order valence-corrected chi connectivity index (χ1v) is 11.7. The van der Waals surface area contributed by atoms with Crippen molar-refractivity contribution in [1.29, 1.82) is 0 Å². The Morgan fingerprint density at radius 1 is 1.00 bits per heavy atom. The molecule has 34 heavy (non-hydrogen) atoms. The average Bonchev–Trinajstić information content (AvgIpc) is 3.37. The van der Waals surface area contributed by atoms with Gasteiger partial charge in [0.1, 0.15) is 11.5 Å². The minimum absolute atomic E-state index is 0.0357. The predicted molar refractivity (Wildman–Crippen MR) is 134 cm³/mol. The molecule has 0 spiro atoms. The van der Waals surface area contributed by atoms with E-state index in [4.69, 9.17) is 27.9 Å². The fourth-order valence-electron chi connectivity index (χ4n) is 3.88. The van der Waals surface area contributed by atoms with Crippen molar-refractivity contribution < 1.29 is 19.4 Å². The largest absolute Gasteiger partial charge is 0.507 e. The van der Waals surface area contributed by atoms with Crippen LogP contribution in [0.15, 0.2) is 72.3 Å². The lowest BCUT2D eigenvalue weighted by Crippen LogP contribution is -2.29. The molecule has 1 fully saturated rings. The third-order valence-corrected chi connectivity index (χ3v) is 7.06. The zero-order valence-corrected chi connectivity index (χ0v) is 20.0. The van der Waals surface area contributed by atoms with Crippen molar-refractivity contribution in [3.05, 3.63) is 93.5 Å². The summed E-state index contributed by atoms with van der Waals surface area (Å²) in [6, 6.07) is 17.7. The van der Waals surface area contributed by atoms with Crippen LogP contribution in [-0.4, -0.2) is 28.9 Å². The molecule has 1 aliphatic heterocycles. The second kappa shape index (κ2) is 8.76. The van der Waals surface area contributed by atoms with Gasteiger partial charge in [-0.25, -0.2) is 4.98 Å². The van der Waals surface area contributed by atoms with E-state index in [2.05, 4.69) is 4.98 Å². The third kappa shape index (κ3) is 3.81. The first-order chi connectivity index (χ1) is 16.4. The molecule has 9 heteroatoms. The number of amides is 1. The summed E-state index contributed by atoms with van der Waals surface area (Å²) in [4.78, 5) is 32.4. The maximum Gasteiger partial charge on any atom is 0.301 e. The van der Waals surface area contributed by atoms with Crippen molar-refractivity contribution in [3.8, 4) is 5.75 Å². The van der Waals surface area contributed by atoms with Gasteiger partial charge in [0.15, 0.2) is 5.13 Å². The smallest absolute Gasteiger partial charge is 0.301 e. The molecule has 1 saturated heterocycles. The molecular formula is C25H16Cl2N2O4S. The van der Waals surface area contributed by atoms with Crippen LogP contribution in [0.3, 0.4) is 0 Å². The molecule has 0 aliphatic carbocycles. The van der Waals surface area contributed by atoms with Gasteiger partial charge >= 0.3 is 5.91 Å². The van der Waals surface area contributed by atoms with Crippen molar-refractivity contribution in [1.82, 2.24) is 4.98 Å². The number of aromatic nitrogens is 1. The van der Waals surface area contributed by atoms with Gasteiger partial charge in [-0.15, -0.1) is 0 Å². The SMILES string of the molecule is COc1ccc2nc(N3C(=O)C(=O)C(=C(O)c4ccc(Cl)cc4)[C@H]3c3ccc(Cl)cc3)sc2c1. The number of fused-ring (bicyclic) bond motifs is 1. The highest BCUT2D eigenvalue weighted by Crippen LogP contribution is 2.44. The van der Waals surface area contributed by atoms with Crippen LogP contribution in [0.1, 0.15) is 17.2 Å². The second-order valence-corrected chi connectivity index (χ2v) is 9.44. The predicted octanol–water partition coefficient (Wildman–Crippen LogP) is 6.24. The molecule has 1 amide bonds. The van der Waals surface area contributed by atoms with Gasteiger partial charge in [0.05, 0.1) is 28.9 Å². The van der Waals surface area contributed by atoms with E-state index in [9.17, 15) is 14.7 Å². The molecule has 1 aliphatic rings. The Balaban J connectivity index is 1.71. The molecule has 5 rings (SSSR count). The maximum atomic E-state index is 13.3. The number of hydrogen-bond donors (Lipinski definition) is 1. The van der Waals surface area contributed by atoms with E-state index in [0.29, 0.717) is 37.6 Å². The number of thiazole rings is 1. The fourth-order valence-corrected chi connectivity index (χ4v) is 5.15. The van der Waals surface area contributed by atoms with E-state index in [1.165, 1.54) is 16.2 Å². The maximum absolute atomic E-state index is 13.3. The molecule has 1 N–H and O–H groups in total. The molecule has 4 aromatic rings. The molecule has 3 aromatic carbocycles. The fraction of sp³-hybridized carbons (Fsp3) is 0.0800. The summed E-state index contributed by atoms with van der Waals surface area (Å²) < 4.78 is 6.08. The highest BCUT2D eigenvalue weighted by molar-refractivity contribution is 7.22. The van der Waals surface area contributed by atoms with Gasteiger partial charge in [-0.2, -0.15) is 0 Å². The number of ether oxygens (including phenoxy) is 1. The van der Waals surface area contributed by atoms with Crippen LogP contribution in [0.25, 0.3) is 16.0 Å². The lowest BCUT2D eigenvalue weighted by atomic mass is 9.95. The van der Waals surface area contributed by atoms with E-state index in [1.807, 2.05) is 6.07 Å². The Morgan fingerprint density at radius 2 is 1.65 bits per heavy atom. The summed E-state index contributed by atoms with van der Waals surface area (Å²) in [6.45, 7) is 0. The van der Waals surface area contributed by atoms with Gasteiger partial charge in [0, 0.05) is 15.6 Å². The van der Waals surface area contributed by atoms with Gasteiger partial charge in [0.25, 0.3) is 5.78 Å². The number of halogens is 2. The van der Waals surface area contributed by atoms with E-state index >= 15 is 0 Å². The highest BCUT2D eigenvalue weighted by Gasteiger charge is 2.48. The summed E-state index contributed by atoms with van der Waals surface area (Å²) >= 11 is 13.3. The summed E-state index contributed by atoms with van der Waals surface area (Å²) in [5, 5.41) is 12.5. The summed E-state index contributed by atoms with van der Waals surface area (Å²) in [5.74, 6) is -1.22. The minimum atomic E-state index is -0.893. The van der Waals surface area contributed by atoms with Gasteiger partial charge < -0.3 is 9.84 Å². The summed E-state index contributed by atoms with van der Waals surface area (Å²) in [7, 11) is 1.57. The second-order valence-electron chi connectivity index (χ2n) is 7.56. The van der Waals surface area contributed by atoms with Gasteiger partial charge in [-0.3, -0.25) is 14.5 Å². The number of Topliss-reactive ketones (excluding diaryl/α,β-unsaturated/α-hetero) is 1. The topological polar surface area (TPSA) is 79.7 Å². The van der Waals surface area contributed by atoms with Crippen LogP contribution in [0, 0.1) is 0 Å². The highest BCUT2D eigenvalue weighted by atomic mass is 35.5. The Kier molecular flexibility index (Phi) is 5.77. The number of aliphatic hydroxyl groups is 1. The Bertz CT molecular complexity index is 1460. The van der Waals surface area contributed by atoms with Crippen LogP contribution < -0.4 is 9.64 Å². The molecule has 170 valence electrons. The number of ketones is 1. The molecule has 6 nitrogen and oxygen atoms in total. The lowest BCUT2D eigenvalue weighted by Gasteiger charge is -2.23. The van der Waals surface area contributed by atoms with Gasteiger partial charge in [-0.05, 0) is 60.2 Å². The normalized spacial score (nSPS) is 17.5. The average molecular weight is 511 g/mol. The zero-order valence-electron chi connectivity index (χ0n) is 17.7. The Morgan fingerprint density at radius 3 is 2.29 bits per heavy atom. The molecule has 0 saturated carbocycles. The number of benzene rings is 3. The summed E-state index contributed by atoms with van der Waals surface area (Å²) in [6.07, 6.45) is 0. The van der Waals surface area contributed by atoms with Crippen molar-refractivity contribution >= 4 is 67.3 Å². The zero-order chi connectivity index (χ0) is 24.0. The number of carbonyl (C=O) groups is 2. The standard InChI is InChI=1S/C25H16Cl2N2O4S/c1-33-17-10-11-18-19(12-17)34-25(28-18)29-21(13-2-6-15(26)7-3-13)20(23(31)24(29)32)22(30)14-4-8-16(27)9-5-14/h2-12,21,30H,1H3/t21-/m1/s1. The van der Waals surface area contributed by atoms with E-state index < -0.39 is 17.7 Å². The third-order valence-electron chi connectivity index (χ3n) is 5.54. The van der Waals surface area contributed by atoms with Gasteiger partial charge in [0.2, 0.25) is 0 Å². The Hall–Kier alpha value is -3.39. The van der Waals surface area contributed by atoms with Crippen LogP contribution in [0.2, 0.25) is 10.0 Å². The molecular weight excluding hydrogens is 495 g/mol. The molecule has 2 heterocycles. The number of hydrogen-bond acceptors (Lipinski definition) is 6. The number of carbonyl (C=O) groups excluding carboxylic acids is 2. The number of nitrogens with zero attached hydrogens (tertiary/aromatic N) is 2. The first-order valence-electron chi connectivity index (χ1n) is 10.1. The molecule has 1 atom stereocenters. The summed E-state index contributed by atoms with van der Waals surface area (Å²) in [5.41, 5.74) is 1.60. The Labute approximate surface area is 208 Å². The van der Waals surface area contributed by atoms with Crippen LogP contribution >= 0.6 is 34.5 Å². The molecule has 1 aromatic heterocycles. The quantitative estimate of drug-likeness (QED) is 0.199. The van der Waals surface area contributed by atoms with E-state index in [0.717, 1.165) is 4.70 Å². The molecule has 0 unspecified atom stereocenters. The molecule has 0 radical (unpaired) electrons. The number of aliphatic hydroxyl groups excluding tert-OH is 1. The molecule has 0 bridgehead atoms. The first kappa shape index (κ1) is 22.4. The van der Waals surface area contributed by atoms with Crippen molar-refractivity contribution in [2.45, 2.75) is 6.04 Å². The van der Waals surface area contributed by atoms with Crippen LogP contribution in [-0.2, 0) is 9.59 Å². The van der Waals surface area contributed by atoms with Crippen molar-refractivity contribution in [2.24, 2.45) is 0 Å². The number of anilines is 1. The number of rotatable bonds is 4. The van der Waals surface area contributed by atoms with Crippen molar-refractivity contribution in [2.75, 3.05) is 12.0 Å². The van der Waals surface area contributed by atoms with Gasteiger partial charge in [-0.1, -0.05) is 46.7 Å². The van der Waals surface area contributed by atoms with E-state index in [-0.39, 0.29) is 11.3 Å². The van der Waals surface area contributed by atoms with E-state index in [1.54, 1.807) is 67.8 Å². The van der Waals surface area contributed by atoms with Crippen molar-refractivity contribution in [3.63, 3.8) is 0 Å².